The number of phosphoric ester groups is 1. The second-order valence-corrected chi connectivity index (χ2v) is 8.61. The number of ether oxygens (including phenoxy) is 1. The first kappa shape index (κ1) is 20.9. The van der Waals surface area contributed by atoms with E-state index in [0.717, 1.165) is 6.20 Å². The quantitative estimate of drug-likeness (QED) is 0.235. The molecule has 27 heavy (non-hydrogen) atoms. The normalized spacial score (nSPS) is 34.3. The van der Waals surface area contributed by atoms with Crippen molar-refractivity contribution in [3.8, 4) is 0 Å². The van der Waals surface area contributed by atoms with Gasteiger partial charge in [-0.05, 0) is 6.92 Å². The fourth-order valence-corrected chi connectivity index (χ4v) is 3.77. The molecule has 0 aliphatic carbocycles. The number of phosphoric acid groups is 2. The van der Waals surface area contributed by atoms with Crippen LogP contribution in [0.4, 0.5) is 4.39 Å². The Morgan fingerprint density at radius 3 is 2.63 bits per heavy atom. The van der Waals surface area contributed by atoms with E-state index in [0.29, 0.717) is 4.57 Å². The van der Waals surface area contributed by atoms with E-state index in [2.05, 4.69) is 18.6 Å². The van der Waals surface area contributed by atoms with Crippen molar-refractivity contribution in [1.82, 2.24) is 9.55 Å². The molecule has 5 atom stereocenters. The van der Waals surface area contributed by atoms with Gasteiger partial charge in [0.25, 0.3) is 5.85 Å². The third-order valence-electron chi connectivity index (χ3n) is 3.26. The molecule has 1 aromatic rings. The maximum absolute atomic E-state index is 14.9. The van der Waals surface area contributed by atoms with Crippen LogP contribution in [0.2, 0.25) is 0 Å². The molecular weight excluding hydrogens is 437 g/mol. The number of alkyl halides is 1. The summed E-state index contributed by atoms with van der Waals surface area (Å²) in [6, 6.07) is 0. The number of aliphatic hydroxyl groups excluding tert-OH is 2. The highest BCUT2D eigenvalue weighted by molar-refractivity contribution is 7.71. The van der Waals surface area contributed by atoms with Gasteiger partial charge in [-0.3, -0.25) is 14.1 Å². The highest BCUT2D eigenvalue weighted by Crippen LogP contribution is 2.58. The van der Waals surface area contributed by atoms with Gasteiger partial charge < -0.3 is 29.6 Å². The first-order chi connectivity index (χ1) is 12.5. The predicted octanol–water partition coefficient (Wildman–Crippen LogP) is -0.643. The van der Waals surface area contributed by atoms with Gasteiger partial charge in [-0.2, -0.15) is 4.31 Å². The molecule has 1 aromatic heterocycles. The minimum absolute atomic E-state index is 0.0106. The zero-order chi connectivity index (χ0) is 21.7. The number of nitrogens with zero attached hydrogens (tertiary/aromatic N) is 1. The molecular formula is C10H15FN2O11P2S. The van der Waals surface area contributed by atoms with E-state index in [-0.39, 0.29) is 10.2 Å². The van der Waals surface area contributed by atoms with Crippen LogP contribution in [0.3, 0.4) is 0 Å². The van der Waals surface area contributed by atoms with Crippen molar-refractivity contribution in [3.63, 3.8) is 0 Å². The number of rotatable bonds is 6. The number of hydrogen-bond donors (Lipinski definition) is 6. The van der Waals surface area contributed by atoms with Gasteiger partial charge >= 0.3 is 21.3 Å². The lowest BCUT2D eigenvalue weighted by molar-refractivity contribution is -0.205. The Kier molecular flexibility index (Phi) is 5.83. The molecule has 2 heterocycles. The van der Waals surface area contributed by atoms with Crippen molar-refractivity contribution in [1.29, 1.82) is 0 Å². The number of aryl methyl sites for hydroxylation is 1. The summed E-state index contributed by atoms with van der Waals surface area (Å²) in [7, 11) is -11.0. The van der Waals surface area contributed by atoms with Gasteiger partial charge in [-0.1, -0.05) is 12.2 Å². The zero-order valence-corrected chi connectivity index (χ0v) is 15.9. The summed E-state index contributed by atoms with van der Waals surface area (Å²) >= 11 is 4.82. The summed E-state index contributed by atoms with van der Waals surface area (Å²) < 4.78 is 57.5. The Balaban J connectivity index is 2.34. The van der Waals surface area contributed by atoms with Gasteiger partial charge in [0.15, 0.2) is 6.20 Å². The molecule has 0 bridgehead atoms. The highest BCUT2D eigenvalue weighted by Gasteiger charge is 2.57. The molecule has 0 radical (unpaired) electrons. The second-order valence-electron chi connectivity index (χ2n) is 5.37. The van der Waals surface area contributed by atoms with E-state index in [1.807, 2.05) is 0 Å². The molecule has 2 rings (SSSR count). The minimum atomic E-state index is -5.52. The maximum Gasteiger partial charge on any atom is 0.481 e. The molecule has 1 saturated heterocycles. The van der Waals surface area contributed by atoms with Crippen LogP contribution in [0.25, 0.3) is 0 Å². The minimum Gasteiger partial charge on any atom is -0.385 e. The fourth-order valence-electron chi connectivity index (χ4n) is 2.03. The van der Waals surface area contributed by atoms with Crippen molar-refractivity contribution in [2.24, 2.45) is 0 Å². The van der Waals surface area contributed by atoms with Gasteiger partial charge in [0.05, 0.1) is 1.37 Å². The second kappa shape index (κ2) is 7.54. The van der Waals surface area contributed by atoms with Crippen LogP contribution in [-0.2, 0) is 22.7 Å². The van der Waals surface area contributed by atoms with Crippen molar-refractivity contribution < 1.29 is 53.4 Å². The Morgan fingerprint density at radius 2 is 2.07 bits per heavy atom. The summed E-state index contributed by atoms with van der Waals surface area (Å²) in [6.07, 6.45) is -6.98. The van der Waals surface area contributed by atoms with Crippen LogP contribution in [0.1, 0.15) is 13.1 Å². The van der Waals surface area contributed by atoms with Crippen LogP contribution < -0.4 is 5.69 Å². The lowest BCUT2D eigenvalue weighted by Gasteiger charge is -2.23. The van der Waals surface area contributed by atoms with Crippen LogP contribution >= 0.6 is 27.9 Å². The maximum atomic E-state index is 14.9. The number of hydrogen-bond acceptors (Lipinski definition) is 9. The van der Waals surface area contributed by atoms with Crippen molar-refractivity contribution in [2.45, 2.75) is 31.2 Å². The van der Waals surface area contributed by atoms with Crippen LogP contribution in [0, 0.1) is 11.6 Å². The molecule has 13 nitrogen and oxygen atoms in total. The van der Waals surface area contributed by atoms with Crippen molar-refractivity contribution in [2.75, 3.05) is 6.61 Å². The van der Waals surface area contributed by atoms with Gasteiger partial charge in [0.1, 0.15) is 23.5 Å². The third-order valence-corrected chi connectivity index (χ3v) is 5.82. The number of aromatic amines is 1. The van der Waals surface area contributed by atoms with E-state index in [4.69, 9.17) is 28.3 Å². The molecule has 0 aromatic carbocycles. The monoisotopic (exact) mass is 453 g/mol. The summed E-state index contributed by atoms with van der Waals surface area (Å²) in [5.74, 6) is -3.54. The fraction of sp³-hybridized carbons (Fsp3) is 0.600. The summed E-state index contributed by atoms with van der Waals surface area (Å²) in [5, 5.41) is 20.0. The number of aromatic nitrogens is 2. The summed E-state index contributed by atoms with van der Waals surface area (Å²) in [5.41, 5.74) is -0.867. The highest BCUT2D eigenvalue weighted by atomic mass is 32.1. The zero-order valence-electron chi connectivity index (χ0n) is 14.3. The SMILES string of the molecule is [2H][C@@]1(n2cc(C)c(=S)[nH]c2=O)O[C@](F)(COP(=O)(O)OP(=O)(O)O)[C@@H](O)[C@H]1O. The standard InChI is InChI=1S/C10H15FN2O11P2S/c1-4-2-13(9(16)12-7(4)27)8-5(14)6(15)10(11,23-8)3-22-26(20,21)24-25(17,18)19/h2,5-6,8,14-15H,3H2,1H3,(H,20,21)(H,12,16,27)(H2,17,18,19)/t5-,6+,8-,10-/m1/s1/i8D. The molecule has 0 amide bonds. The first-order valence-electron chi connectivity index (χ1n) is 7.33. The molecule has 6 N–H and O–H groups in total. The molecule has 154 valence electrons. The van der Waals surface area contributed by atoms with Gasteiger partial charge in [0.2, 0.25) is 0 Å². The topological polar surface area (TPSA) is 201 Å². The third kappa shape index (κ3) is 5.16. The predicted molar refractivity (Wildman–Crippen MR) is 85.5 cm³/mol. The Bertz CT molecular complexity index is 983. The number of H-pyrrole nitrogens is 1. The van der Waals surface area contributed by atoms with Crippen molar-refractivity contribution >= 4 is 27.9 Å². The summed E-state index contributed by atoms with van der Waals surface area (Å²) in [6.45, 7) is -0.278. The number of nitrogens with one attached hydrogen (secondary N) is 1. The molecule has 1 aliphatic rings. The van der Waals surface area contributed by atoms with Crippen LogP contribution in [0.15, 0.2) is 11.0 Å². The smallest absolute Gasteiger partial charge is 0.385 e. The van der Waals surface area contributed by atoms with Crippen molar-refractivity contribution in [3.05, 3.63) is 26.9 Å². The average Bonchev–Trinajstić information content (AvgIpc) is 2.69. The molecule has 1 fully saturated rings. The molecule has 0 spiro atoms. The largest absolute Gasteiger partial charge is 0.481 e. The lowest BCUT2D eigenvalue weighted by atomic mass is 10.1. The van der Waals surface area contributed by atoms with E-state index in [9.17, 15) is 28.5 Å². The Labute approximate surface area is 156 Å². The number of aliphatic hydroxyl groups is 2. The molecule has 1 unspecified atom stereocenters. The lowest BCUT2D eigenvalue weighted by Crippen LogP contribution is -2.43. The Morgan fingerprint density at radius 1 is 1.48 bits per heavy atom. The summed E-state index contributed by atoms with van der Waals surface area (Å²) in [4.78, 5) is 40.3. The molecule has 17 heteroatoms. The molecule has 0 saturated carbocycles. The first-order valence-corrected chi connectivity index (χ1v) is 10.3. The van der Waals surface area contributed by atoms with Gasteiger partial charge in [-0.25, -0.2) is 18.3 Å². The van der Waals surface area contributed by atoms with Gasteiger partial charge in [0, 0.05) is 11.8 Å². The van der Waals surface area contributed by atoms with Crippen LogP contribution in [-0.4, -0.2) is 59.1 Å². The average molecular weight is 453 g/mol. The van der Waals surface area contributed by atoms with Crippen LogP contribution in [0.5, 0.6) is 0 Å². The van der Waals surface area contributed by atoms with E-state index in [1.165, 1.54) is 6.92 Å². The molecule has 1 aliphatic heterocycles. The Hall–Kier alpha value is -0.830. The van der Waals surface area contributed by atoms with E-state index < -0.39 is 52.2 Å². The van der Waals surface area contributed by atoms with E-state index in [1.54, 1.807) is 0 Å². The number of halogens is 1. The van der Waals surface area contributed by atoms with E-state index >= 15 is 0 Å². The van der Waals surface area contributed by atoms with Gasteiger partial charge in [-0.15, -0.1) is 0 Å².